The van der Waals surface area contributed by atoms with Crippen molar-refractivity contribution in [2.24, 2.45) is 0 Å². The Morgan fingerprint density at radius 2 is 2.20 bits per heavy atom. The van der Waals surface area contributed by atoms with E-state index in [-0.39, 0.29) is 12.0 Å². The lowest BCUT2D eigenvalue weighted by atomic mass is 9.95. The molecule has 0 saturated heterocycles. The van der Waals surface area contributed by atoms with Crippen molar-refractivity contribution in [1.82, 2.24) is 0 Å². The summed E-state index contributed by atoms with van der Waals surface area (Å²) in [5.41, 5.74) is 0.188. The van der Waals surface area contributed by atoms with Gasteiger partial charge >= 0.3 is 5.97 Å². The third kappa shape index (κ3) is 2.81. The molecule has 0 amide bonds. The van der Waals surface area contributed by atoms with Crippen molar-refractivity contribution in [3.63, 3.8) is 0 Å². The molecule has 1 N–H and O–H groups in total. The van der Waals surface area contributed by atoms with Gasteiger partial charge in [-0.1, -0.05) is 18.2 Å². The molecule has 0 fully saturated rings. The highest BCUT2D eigenvalue weighted by Crippen LogP contribution is 2.22. The SMILES string of the molecule is CC#CCC(C(=O)O)c1ccccc1F. The number of hydrogen-bond acceptors (Lipinski definition) is 1. The molecular formula is C12H11FO2. The van der Waals surface area contributed by atoms with E-state index in [1.165, 1.54) is 18.2 Å². The van der Waals surface area contributed by atoms with Crippen molar-refractivity contribution < 1.29 is 14.3 Å². The quantitative estimate of drug-likeness (QED) is 0.771. The Morgan fingerprint density at radius 3 is 2.73 bits per heavy atom. The van der Waals surface area contributed by atoms with Gasteiger partial charge in [0.1, 0.15) is 5.82 Å². The van der Waals surface area contributed by atoms with Crippen LogP contribution in [0, 0.1) is 17.7 Å². The zero-order chi connectivity index (χ0) is 11.3. The van der Waals surface area contributed by atoms with Crippen LogP contribution in [0.4, 0.5) is 4.39 Å². The minimum absolute atomic E-state index is 0.132. The first-order valence-electron chi connectivity index (χ1n) is 4.53. The van der Waals surface area contributed by atoms with Gasteiger partial charge in [0.2, 0.25) is 0 Å². The van der Waals surface area contributed by atoms with Crippen molar-refractivity contribution in [2.45, 2.75) is 19.3 Å². The Bertz CT molecular complexity index is 415. The van der Waals surface area contributed by atoms with Gasteiger partial charge in [-0.25, -0.2) is 4.39 Å². The summed E-state index contributed by atoms with van der Waals surface area (Å²) in [6.07, 6.45) is 0.132. The van der Waals surface area contributed by atoms with Gasteiger partial charge in [0.15, 0.2) is 0 Å². The molecule has 0 bridgehead atoms. The van der Waals surface area contributed by atoms with E-state index >= 15 is 0 Å². The highest BCUT2D eigenvalue weighted by molar-refractivity contribution is 5.76. The summed E-state index contributed by atoms with van der Waals surface area (Å²) >= 11 is 0. The largest absolute Gasteiger partial charge is 0.481 e. The van der Waals surface area contributed by atoms with Crippen LogP contribution in [-0.4, -0.2) is 11.1 Å². The lowest BCUT2D eigenvalue weighted by Crippen LogP contribution is -2.12. The molecule has 0 heterocycles. The maximum absolute atomic E-state index is 13.3. The molecule has 0 aromatic heterocycles. The van der Waals surface area contributed by atoms with Gasteiger partial charge in [0, 0.05) is 12.0 Å². The molecule has 78 valence electrons. The molecular weight excluding hydrogens is 195 g/mol. The molecule has 0 aliphatic heterocycles. The summed E-state index contributed by atoms with van der Waals surface area (Å²) in [5.74, 6) is 2.82. The topological polar surface area (TPSA) is 37.3 Å². The van der Waals surface area contributed by atoms with Crippen LogP contribution < -0.4 is 0 Å². The van der Waals surface area contributed by atoms with Crippen LogP contribution in [0.2, 0.25) is 0 Å². The van der Waals surface area contributed by atoms with Crippen molar-refractivity contribution in [2.75, 3.05) is 0 Å². The summed E-state index contributed by atoms with van der Waals surface area (Å²) < 4.78 is 13.3. The first kappa shape index (κ1) is 11.3. The zero-order valence-corrected chi connectivity index (χ0v) is 8.33. The molecule has 0 spiro atoms. The lowest BCUT2D eigenvalue weighted by molar-refractivity contribution is -0.138. The van der Waals surface area contributed by atoms with E-state index in [2.05, 4.69) is 11.8 Å². The Labute approximate surface area is 87.7 Å². The average Bonchev–Trinajstić information content (AvgIpc) is 2.20. The molecule has 2 nitrogen and oxygen atoms in total. The van der Waals surface area contributed by atoms with Gasteiger partial charge in [-0.15, -0.1) is 11.8 Å². The molecule has 0 aliphatic rings. The zero-order valence-electron chi connectivity index (χ0n) is 8.33. The Balaban J connectivity index is 3.02. The highest BCUT2D eigenvalue weighted by Gasteiger charge is 2.21. The maximum atomic E-state index is 13.3. The van der Waals surface area contributed by atoms with Gasteiger partial charge in [0.25, 0.3) is 0 Å². The third-order valence-corrected chi connectivity index (χ3v) is 2.06. The summed E-state index contributed by atoms with van der Waals surface area (Å²) in [4.78, 5) is 10.9. The summed E-state index contributed by atoms with van der Waals surface area (Å²) in [7, 11) is 0. The predicted molar refractivity (Wildman–Crippen MR) is 54.8 cm³/mol. The second-order valence-electron chi connectivity index (χ2n) is 3.04. The molecule has 15 heavy (non-hydrogen) atoms. The third-order valence-electron chi connectivity index (χ3n) is 2.06. The lowest BCUT2D eigenvalue weighted by Gasteiger charge is -2.09. The van der Waals surface area contributed by atoms with E-state index in [0.717, 1.165) is 0 Å². The van der Waals surface area contributed by atoms with Crippen LogP contribution in [0.25, 0.3) is 0 Å². The van der Waals surface area contributed by atoms with Crippen molar-refractivity contribution in [1.29, 1.82) is 0 Å². The Hall–Kier alpha value is -1.82. The van der Waals surface area contributed by atoms with E-state index in [0.29, 0.717) is 0 Å². The highest BCUT2D eigenvalue weighted by atomic mass is 19.1. The smallest absolute Gasteiger partial charge is 0.312 e. The molecule has 0 radical (unpaired) electrons. The number of aliphatic carboxylic acids is 1. The van der Waals surface area contributed by atoms with Crippen LogP contribution >= 0.6 is 0 Å². The summed E-state index contributed by atoms with van der Waals surface area (Å²) in [5, 5.41) is 8.94. The first-order valence-corrected chi connectivity index (χ1v) is 4.53. The number of hydrogen-bond donors (Lipinski definition) is 1. The average molecular weight is 206 g/mol. The van der Waals surface area contributed by atoms with Crippen molar-refractivity contribution in [3.05, 3.63) is 35.6 Å². The summed E-state index contributed by atoms with van der Waals surface area (Å²) in [6, 6.07) is 5.88. The summed E-state index contributed by atoms with van der Waals surface area (Å²) in [6.45, 7) is 1.63. The Kier molecular flexibility index (Phi) is 3.87. The molecule has 1 atom stereocenters. The van der Waals surface area contributed by atoms with Crippen LogP contribution in [0.3, 0.4) is 0 Å². The first-order chi connectivity index (χ1) is 7.16. The molecule has 1 unspecified atom stereocenters. The molecule has 0 aliphatic carbocycles. The Morgan fingerprint density at radius 1 is 1.53 bits per heavy atom. The normalized spacial score (nSPS) is 11.3. The number of carbonyl (C=O) groups is 1. The van der Waals surface area contributed by atoms with Gasteiger partial charge in [-0.2, -0.15) is 0 Å². The molecule has 3 heteroatoms. The van der Waals surface area contributed by atoms with Crippen LogP contribution in [0.5, 0.6) is 0 Å². The van der Waals surface area contributed by atoms with Gasteiger partial charge in [-0.3, -0.25) is 4.79 Å². The van der Waals surface area contributed by atoms with Gasteiger partial charge in [-0.05, 0) is 13.0 Å². The van der Waals surface area contributed by atoms with E-state index in [4.69, 9.17) is 5.11 Å². The van der Waals surface area contributed by atoms with Crippen molar-refractivity contribution in [3.8, 4) is 11.8 Å². The number of rotatable bonds is 3. The van der Waals surface area contributed by atoms with Crippen LogP contribution in [0.15, 0.2) is 24.3 Å². The maximum Gasteiger partial charge on any atom is 0.312 e. The fraction of sp³-hybridized carbons (Fsp3) is 0.250. The molecule has 1 aromatic carbocycles. The fourth-order valence-corrected chi connectivity index (χ4v) is 1.29. The van der Waals surface area contributed by atoms with E-state index < -0.39 is 17.7 Å². The second kappa shape index (κ2) is 5.16. The molecule has 1 aromatic rings. The molecule has 1 rings (SSSR count). The van der Waals surface area contributed by atoms with E-state index in [1.54, 1.807) is 13.0 Å². The minimum atomic E-state index is -1.05. The second-order valence-corrected chi connectivity index (χ2v) is 3.04. The van der Waals surface area contributed by atoms with Gasteiger partial charge < -0.3 is 5.11 Å². The van der Waals surface area contributed by atoms with E-state index in [9.17, 15) is 9.18 Å². The number of carboxylic acids is 1. The van der Waals surface area contributed by atoms with Crippen molar-refractivity contribution >= 4 is 5.97 Å². The standard InChI is InChI=1S/C12H11FO2/c1-2-3-6-10(12(14)15)9-7-4-5-8-11(9)13/h4-5,7-8,10H,6H2,1H3,(H,14,15). The fourth-order valence-electron chi connectivity index (χ4n) is 1.29. The minimum Gasteiger partial charge on any atom is -0.481 e. The number of benzene rings is 1. The van der Waals surface area contributed by atoms with Crippen LogP contribution in [0.1, 0.15) is 24.8 Å². The predicted octanol–water partition coefficient (Wildman–Crippen LogP) is 2.41. The van der Waals surface area contributed by atoms with Gasteiger partial charge in [0.05, 0.1) is 5.92 Å². The number of halogens is 1. The van der Waals surface area contributed by atoms with Crippen LogP contribution in [-0.2, 0) is 4.79 Å². The number of carboxylic acid groups (broad SMARTS) is 1. The molecule has 0 saturated carbocycles. The monoisotopic (exact) mass is 206 g/mol. The van der Waals surface area contributed by atoms with E-state index in [1.807, 2.05) is 0 Å².